The van der Waals surface area contributed by atoms with Crippen molar-refractivity contribution in [2.75, 3.05) is 26.1 Å². The summed E-state index contributed by atoms with van der Waals surface area (Å²) in [7, 11) is 5.16. The Kier molecular flexibility index (Phi) is 11.9. The number of nitrogens with one attached hydrogen (secondary N) is 1. The zero-order valence-corrected chi connectivity index (χ0v) is 27.2. The van der Waals surface area contributed by atoms with E-state index in [0.717, 1.165) is 70.0 Å². The fourth-order valence-corrected chi connectivity index (χ4v) is 8.11. The van der Waals surface area contributed by atoms with Gasteiger partial charge >= 0.3 is 0 Å². The van der Waals surface area contributed by atoms with E-state index in [2.05, 4.69) is 11.4 Å². The largest absolute Gasteiger partial charge is 0.508 e. The number of hydrogen-bond acceptors (Lipinski definition) is 9. The predicted octanol–water partition coefficient (Wildman–Crippen LogP) is 7.76. The first-order valence-electron chi connectivity index (χ1n) is 15.4. The van der Waals surface area contributed by atoms with Gasteiger partial charge in [0.15, 0.2) is 11.5 Å². The summed E-state index contributed by atoms with van der Waals surface area (Å²) in [6.07, 6.45) is 4.61. The van der Waals surface area contributed by atoms with Crippen LogP contribution in [0.5, 0.6) is 23.0 Å². The number of ether oxygens (including phenoxy) is 2. The van der Waals surface area contributed by atoms with Crippen molar-refractivity contribution in [2.45, 2.75) is 56.8 Å². The molecule has 0 aliphatic carbocycles. The van der Waals surface area contributed by atoms with Gasteiger partial charge in [-0.3, -0.25) is 10.1 Å². The number of carbonyl (C=O) groups excluding carboxylic acids is 1. The number of aromatic hydroxyl groups is 3. The average molecular weight is 648 g/mol. The van der Waals surface area contributed by atoms with Gasteiger partial charge in [0.2, 0.25) is 0 Å². The smallest absolute Gasteiger partial charge is 0.168 e. The molecule has 1 atom stereocenters. The molecule has 4 N–H and O–H groups in total. The molecule has 7 nitrogen and oxygen atoms in total. The van der Waals surface area contributed by atoms with E-state index in [0.29, 0.717) is 44.0 Å². The second-order valence-electron chi connectivity index (χ2n) is 11.3. The molecule has 1 aliphatic heterocycles. The van der Waals surface area contributed by atoms with Crippen LogP contribution in [0.2, 0.25) is 0 Å². The summed E-state index contributed by atoms with van der Waals surface area (Å²) < 4.78 is 11.9. The van der Waals surface area contributed by atoms with Gasteiger partial charge in [-0.1, -0.05) is 64.4 Å². The van der Waals surface area contributed by atoms with Gasteiger partial charge in [-0.2, -0.15) is 0 Å². The zero-order valence-electron chi connectivity index (χ0n) is 25.6. The van der Waals surface area contributed by atoms with Crippen molar-refractivity contribution < 1.29 is 29.6 Å². The molecule has 4 aromatic rings. The molecule has 1 aliphatic rings. The van der Waals surface area contributed by atoms with Crippen LogP contribution >= 0.6 is 21.6 Å². The lowest BCUT2D eigenvalue weighted by Gasteiger charge is -2.21. The van der Waals surface area contributed by atoms with Crippen molar-refractivity contribution in [1.82, 2.24) is 5.32 Å². The molecule has 0 fully saturated rings. The van der Waals surface area contributed by atoms with Crippen molar-refractivity contribution in [2.24, 2.45) is 0 Å². The highest BCUT2D eigenvalue weighted by Gasteiger charge is 2.22. The fraction of sp³-hybridized carbons (Fsp3) is 0.361. The molecule has 4 aromatic carbocycles. The number of carbonyl (C=O) groups is 1. The van der Waals surface area contributed by atoms with E-state index in [-0.39, 0.29) is 29.1 Å². The first kappa shape index (κ1) is 33.0. The predicted molar refractivity (Wildman–Crippen MR) is 184 cm³/mol. The summed E-state index contributed by atoms with van der Waals surface area (Å²) >= 11 is 0. The van der Waals surface area contributed by atoms with E-state index >= 15 is 0 Å². The number of Topliss-reactive ketones (excluding diaryl/α,β-unsaturated/α-hetero) is 1. The number of methoxy groups -OCH3 is 1. The van der Waals surface area contributed by atoms with Crippen molar-refractivity contribution in [3.63, 3.8) is 0 Å². The monoisotopic (exact) mass is 647 g/mol. The third-order valence-electron chi connectivity index (χ3n) is 8.15. The normalized spacial score (nSPS) is 16.6. The minimum Gasteiger partial charge on any atom is -0.508 e. The summed E-state index contributed by atoms with van der Waals surface area (Å²) in [6.45, 7) is 1.07. The van der Waals surface area contributed by atoms with Crippen LogP contribution in [0.4, 0.5) is 0 Å². The lowest BCUT2D eigenvalue weighted by atomic mass is 9.89. The molecule has 1 heterocycles. The molecule has 9 heteroatoms. The van der Waals surface area contributed by atoms with Gasteiger partial charge in [-0.05, 0) is 89.0 Å². The van der Waals surface area contributed by atoms with Crippen molar-refractivity contribution in [3.8, 4) is 34.1 Å². The Hall–Kier alpha value is -3.37. The van der Waals surface area contributed by atoms with Crippen LogP contribution in [0.1, 0.15) is 48.8 Å². The number of ketones is 1. The maximum Gasteiger partial charge on any atom is 0.168 e. The Balaban J connectivity index is 1.34. The summed E-state index contributed by atoms with van der Waals surface area (Å²) in [5, 5.41) is 36.1. The zero-order chi connectivity index (χ0) is 31.6. The SMILES string of the molecule is COc1c(O)ccc2c1-c1ccc3ccc(O)cc3c1CSSCCCC[C@@H](OCNCCc1cccc(O)c1)CC(=O)CC2. The van der Waals surface area contributed by atoms with Gasteiger partial charge < -0.3 is 24.8 Å². The molecule has 0 spiro atoms. The van der Waals surface area contributed by atoms with Crippen LogP contribution in [0.15, 0.2) is 66.7 Å². The lowest BCUT2D eigenvalue weighted by Crippen LogP contribution is -2.27. The molecule has 0 bridgehead atoms. The average Bonchev–Trinajstić information content (AvgIpc) is 3.02. The Labute approximate surface area is 272 Å². The van der Waals surface area contributed by atoms with Crippen LogP contribution in [0, 0.1) is 0 Å². The summed E-state index contributed by atoms with van der Waals surface area (Å²) in [5.41, 5.74) is 4.76. The van der Waals surface area contributed by atoms with Crippen LogP contribution in [-0.2, 0) is 28.1 Å². The first-order valence-corrected chi connectivity index (χ1v) is 17.9. The third kappa shape index (κ3) is 8.88. The Morgan fingerprint density at radius 3 is 2.62 bits per heavy atom. The van der Waals surface area contributed by atoms with E-state index in [1.165, 1.54) is 0 Å². The number of benzene rings is 4. The fourth-order valence-electron chi connectivity index (χ4n) is 5.84. The number of fused-ring (bicyclic) bond motifs is 5. The Morgan fingerprint density at radius 1 is 0.933 bits per heavy atom. The molecule has 238 valence electrons. The Morgan fingerprint density at radius 2 is 1.78 bits per heavy atom. The maximum absolute atomic E-state index is 13.3. The highest BCUT2D eigenvalue weighted by molar-refractivity contribution is 8.76. The van der Waals surface area contributed by atoms with Gasteiger partial charge in [0.1, 0.15) is 17.3 Å². The molecule has 0 amide bonds. The molecule has 5 rings (SSSR count). The van der Waals surface area contributed by atoms with Gasteiger partial charge in [0, 0.05) is 36.5 Å². The Bertz CT molecular complexity index is 1610. The summed E-state index contributed by atoms with van der Waals surface area (Å²) in [4.78, 5) is 13.3. The van der Waals surface area contributed by atoms with Gasteiger partial charge in [0.25, 0.3) is 0 Å². The van der Waals surface area contributed by atoms with Gasteiger partial charge in [0.05, 0.1) is 19.9 Å². The van der Waals surface area contributed by atoms with Gasteiger partial charge in [-0.25, -0.2) is 0 Å². The van der Waals surface area contributed by atoms with Crippen LogP contribution < -0.4 is 10.1 Å². The van der Waals surface area contributed by atoms with Crippen LogP contribution in [0.25, 0.3) is 21.9 Å². The van der Waals surface area contributed by atoms with E-state index in [9.17, 15) is 20.1 Å². The van der Waals surface area contributed by atoms with E-state index in [1.54, 1.807) is 48.2 Å². The van der Waals surface area contributed by atoms with E-state index in [1.807, 2.05) is 41.1 Å². The minimum absolute atomic E-state index is 0.0472. The lowest BCUT2D eigenvalue weighted by molar-refractivity contribution is -0.122. The molecule has 0 aromatic heterocycles. The maximum atomic E-state index is 13.3. The molecule has 0 saturated heterocycles. The van der Waals surface area contributed by atoms with E-state index < -0.39 is 0 Å². The minimum atomic E-state index is -0.162. The van der Waals surface area contributed by atoms with Crippen molar-refractivity contribution in [1.29, 1.82) is 0 Å². The molecular weight excluding hydrogens is 607 g/mol. The number of phenols is 3. The number of phenolic OH excluding ortho intramolecular Hbond substituents is 3. The molecule has 0 unspecified atom stereocenters. The topological polar surface area (TPSA) is 108 Å². The van der Waals surface area contributed by atoms with Crippen molar-refractivity contribution >= 4 is 38.1 Å². The molecule has 45 heavy (non-hydrogen) atoms. The summed E-state index contributed by atoms with van der Waals surface area (Å²) in [5.74, 6) is 2.72. The second-order valence-corrected chi connectivity index (χ2v) is 13.9. The first-order chi connectivity index (χ1) is 21.9. The van der Waals surface area contributed by atoms with Crippen molar-refractivity contribution in [3.05, 3.63) is 83.4 Å². The van der Waals surface area contributed by atoms with Crippen LogP contribution in [0.3, 0.4) is 0 Å². The molecular formula is C36H41NO6S2. The second kappa shape index (κ2) is 16.3. The standard InChI is InChI=1S/C36H41NO6S2/c1-42-36-34(41)15-11-26-9-13-28(39)20-30(43-23-37-17-16-24-5-4-6-27(38)19-24)7-2-3-18-44-45-22-33-31(35(26)36)14-10-25-8-12-29(40)21-32(25)33/h4-6,8,10-12,14-15,19,21,30,37-38,40-41H,2-3,7,9,13,16-18,20,22-23H2,1H3/t30-/m1/s1. The molecule has 0 saturated carbocycles. The quantitative estimate of drug-likeness (QED) is 0.0909. The molecule has 0 radical (unpaired) electrons. The number of aryl methyl sites for hydroxylation is 1. The third-order valence-corrected chi connectivity index (χ3v) is 10.5. The summed E-state index contributed by atoms with van der Waals surface area (Å²) in [6, 6.07) is 20.3. The number of hydrogen-bond donors (Lipinski definition) is 4. The van der Waals surface area contributed by atoms with Gasteiger partial charge in [-0.15, -0.1) is 0 Å². The highest BCUT2D eigenvalue weighted by atomic mass is 33.1. The highest BCUT2D eigenvalue weighted by Crippen LogP contribution is 2.45. The number of rotatable bonds is 7. The van der Waals surface area contributed by atoms with E-state index in [4.69, 9.17) is 9.47 Å². The van der Waals surface area contributed by atoms with Crippen LogP contribution in [-0.4, -0.2) is 53.3 Å².